The highest BCUT2D eigenvalue weighted by Crippen LogP contribution is 2.30. The largest absolute Gasteiger partial charge is 0.331 e. The second-order valence-corrected chi connectivity index (χ2v) is 8.95. The molecule has 0 radical (unpaired) electrons. The van der Waals surface area contributed by atoms with Crippen molar-refractivity contribution in [2.24, 2.45) is 0 Å². The maximum Gasteiger partial charge on any atom is 0.245 e. The van der Waals surface area contributed by atoms with Gasteiger partial charge in [-0.3, -0.25) is 9.59 Å². The number of rotatable bonds is 4. The minimum absolute atomic E-state index is 0.0324. The van der Waals surface area contributed by atoms with E-state index >= 15 is 0 Å². The van der Waals surface area contributed by atoms with Gasteiger partial charge >= 0.3 is 0 Å². The smallest absolute Gasteiger partial charge is 0.245 e. The number of nitrogens with one attached hydrogen (secondary N) is 1. The van der Waals surface area contributed by atoms with Crippen molar-refractivity contribution in [2.45, 2.75) is 6.54 Å². The van der Waals surface area contributed by atoms with Gasteiger partial charge in [0.2, 0.25) is 5.91 Å². The summed E-state index contributed by atoms with van der Waals surface area (Å²) in [4.78, 5) is 34.9. The first-order valence-corrected chi connectivity index (χ1v) is 11.6. The van der Waals surface area contributed by atoms with Gasteiger partial charge in [-0.15, -0.1) is 11.3 Å². The highest BCUT2D eigenvalue weighted by atomic mass is 32.1. The van der Waals surface area contributed by atoms with Crippen molar-refractivity contribution < 1.29 is 4.79 Å². The first kappa shape index (κ1) is 20.3. The zero-order valence-electron chi connectivity index (χ0n) is 17.9. The maximum absolute atomic E-state index is 13.0. The van der Waals surface area contributed by atoms with Crippen molar-refractivity contribution in [1.29, 1.82) is 0 Å². The van der Waals surface area contributed by atoms with Crippen molar-refractivity contribution in [3.05, 3.63) is 101 Å². The number of hydrogen-bond donors (Lipinski definition) is 1. The molecule has 0 aliphatic heterocycles. The summed E-state index contributed by atoms with van der Waals surface area (Å²) in [5, 5.41) is 4.94. The Hall–Kier alpha value is -4.36. The fraction of sp³-hybridized carbons (Fsp3) is 0.0370. The molecule has 0 aliphatic carbocycles. The molecule has 6 rings (SSSR count). The minimum atomic E-state index is -0.223. The van der Waals surface area contributed by atoms with Gasteiger partial charge in [0.25, 0.3) is 0 Å². The summed E-state index contributed by atoms with van der Waals surface area (Å²) >= 11 is 1.61. The van der Waals surface area contributed by atoms with Gasteiger partial charge in [0.1, 0.15) is 17.4 Å². The number of hydrogen-bond acceptors (Lipinski definition) is 5. The standard InChI is InChI=1S/C27H18N4O2S/c32-25(16-31-21-10-4-1-7-18(21)26(33)19-8-2-5-11-22(19)31)30-24-14-13-17(15-28-24)27-29-20-9-3-6-12-23(20)34-27/h1-15H,16H2,(H,28,30,32). The van der Waals surface area contributed by atoms with Crippen molar-refractivity contribution in [2.75, 3.05) is 5.32 Å². The number of pyridine rings is 2. The average molecular weight is 463 g/mol. The third-order valence-electron chi connectivity index (χ3n) is 5.75. The van der Waals surface area contributed by atoms with Crippen LogP contribution in [0.15, 0.2) is 95.9 Å². The molecule has 3 heterocycles. The van der Waals surface area contributed by atoms with E-state index in [9.17, 15) is 9.59 Å². The first-order chi connectivity index (χ1) is 16.7. The Morgan fingerprint density at radius 2 is 1.53 bits per heavy atom. The second kappa shape index (κ2) is 8.20. The molecule has 0 saturated carbocycles. The maximum atomic E-state index is 13.0. The van der Waals surface area contributed by atoms with Crippen molar-refractivity contribution >= 4 is 55.1 Å². The van der Waals surface area contributed by atoms with Gasteiger partial charge < -0.3 is 9.88 Å². The van der Waals surface area contributed by atoms with Crippen LogP contribution >= 0.6 is 11.3 Å². The summed E-state index contributed by atoms with van der Waals surface area (Å²) in [5.74, 6) is 0.240. The molecule has 0 bridgehead atoms. The van der Waals surface area contributed by atoms with Crippen molar-refractivity contribution in [3.63, 3.8) is 0 Å². The van der Waals surface area contributed by atoms with E-state index in [1.165, 1.54) is 0 Å². The third-order valence-corrected chi connectivity index (χ3v) is 6.84. The molecule has 0 unspecified atom stereocenters. The number of aromatic nitrogens is 3. The molecule has 7 heteroatoms. The van der Waals surface area contributed by atoms with E-state index in [0.29, 0.717) is 16.6 Å². The highest BCUT2D eigenvalue weighted by Gasteiger charge is 2.14. The van der Waals surface area contributed by atoms with Gasteiger partial charge in [-0.25, -0.2) is 9.97 Å². The van der Waals surface area contributed by atoms with Crippen LogP contribution in [0.4, 0.5) is 5.82 Å². The summed E-state index contributed by atoms with van der Waals surface area (Å²) in [6, 6.07) is 26.4. The monoisotopic (exact) mass is 462 g/mol. The summed E-state index contributed by atoms with van der Waals surface area (Å²) < 4.78 is 2.99. The summed E-state index contributed by atoms with van der Waals surface area (Å²) in [5.41, 5.74) is 3.27. The van der Waals surface area contributed by atoms with E-state index in [-0.39, 0.29) is 17.9 Å². The normalized spacial score (nSPS) is 11.3. The quantitative estimate of drug-likeness (QED) is 0.353. The number of thiazole rings is 1. The molecule has 34 heavy (non-hydrogen) atoms. The lowest BCUT2D eigenvalue weighted by Crippen LogP contribution is -2.22. The number of fused-ring (bicyclic) bond motifs is 3. The molecular weight excluding hydrogens is 444 g/mol. The molecule has 0 saturated heterocycles. The lowest BCUT2D eigenvalue weighted by Gasteiger charge is -2.15. The van der Waals surface area contributed by atoms with Crippen LogP contribution in [0.2, 0.25) is 0 Å². The Balaban J connectivity index is 1.28. The first-order valence-electron chi connectivity index (χ1n) is 10.8. The van der Waals surface area contributed by atoms with Crippen LogP contribution in [0.25, 0.3) is 42.6 Å². The van der Waals surface area contributed by atoms with Crippen LogP contribution in [0, 0.1) is 0 Å². The van der Waals surface area contributed by atoms with Gasteiger partial charge in [0.05, 0.1) is 21.3 Å². The van der Waals surface area contributed by atoms with Gasteiger partial charge in [-0.05, 0) is 48.5 Å². The molecule has 1 N–H and O–H groups in total. The number of carbonyl (C=O) groups is 1. The Morgan fingerprint density at radius 1 is 0.853 bits per heavy atom. The van der Waals surface area contributed by atoms with Crippen LogP contribution in [0.1, 0.15) is 0 Å². The lowest BCUT2D eigenvalue weighted by molar-refractivity contribution is -0.116. The second-order valence-electron chi connectivity index (χ2n) is 7.92. The predicted molar refractivity (Wildman–Crippen MR) is 137 cm³/mol. The topological polar surface area (TPSA) is 76.9 Å². The molecule has 164 valence electrons. The minimum Gasteiger partial charge on any atom is -0.331 e. The van der Waals surface area contributed by atoms with Crippen LogP contribution in [0.5, 0.6) is 0 Å². The van der Waals surface area contributed by atoms with Crippen LogP contribution in [0.3, 0.4) is 0 Å². The highest BCUT2D eigenvalue weighted by molar-refractivity contribution is 7.21. The van der Waals surface area contributed by atoms with Gasteiger partial charge in [0, 0.05) is 22.5 Å². The lowest BCUT2D eigenvalue weighted by atomic mass is 10.1. The molecule has 0 aliphatic rings. The number of benzene rings is 3. The third kappa shape index (κ3) is 3.52. The van der Waals surface area contributed by atoms with Crippen LogP contribution < -0.4 is 10.7 Å². The molecule has 6 nitrogen and oxygen atoms in total. The SMILES string of the molecule is O=C(Cn1c2ccccc2c(=O)c2ccccc21)Nc1ccc(-c2nc3ccccc3s2)cn1. The molecule has 0 atom stereocenters. The molecule has 6 aromatic rings. The number of anilines is 1. The molecule has 1 amide bonds. The number of nitrogens with zero attached hydrogens (tertiary/aromatic N) is 3. The number of carbonyl (C=O) groups excluding carboxylic acids is 1. The van der Waals surface area contributed by atoms with E-state index < -0.39 is 0 Å². The zero-order chi connectivity index (χ0) is 23.1. The van der Waals surface area contributed by atoms with Crippen LogP contribution in [-0.4, -0.2) is 20.4 Å². The Kier molecular flexibility index (Phi) is 4.89. The van der Waals surface area contributed by atoms with Gasteiger partial charge in [0.15, 0.2) is 5.43 Å². The van der Waals surface area contributed by atoms with Gasteiger partial charge in [-0.1, -0.05) is 36.4 Å². The summed E-state index contributed by atoms with van der Waals surface area (Å²) in [6.45, 7) is 0.0581. The van der Waals surface area contributed by atoms with E-state index in [4.69, 9.17) is 0 Å². The van der Waals surface area contributed by atoms with Crippen LogP contribution in [-0.2, 0) is 11.3 Å². The fourth-order valence-electron chi connectivity index (χ4n) is 4.16. The Bertz CT molecular complexity index is 1660. The number of amides is 1. The van der Waals surface area contributed by atoms with Gasteiger partial charge in [-0.2, -0.15) is 0 Å². The van der Waals surface area contributed by atoms with Crippen molar-refractivity contribution in [3.8, 4) is 10.6 Å². The molecular formula is C27H18N4O2S. The fourth-order valence-corrected chi connectivity index (χ4v) is 5.12. The molecule has 0 fully saturated rings. The van der Waals surface area contributed by atoms with E-state index in [2.05, 4.69) is 15.3 Å². The van der Waals surface area contributed by atoms with E-state index in [1.807, 2.05) is 71.3 Å². The Morgan fingerprint density at radius 3 is 2.21 bits per heavy atom. The molecule has 3 aromatic heterocycles. The zero-order valence-corrected chi connectivity index (χ0v) is 18.8. The molecule has 3 aromatic carbocycles. The molecule has 0 spiro atoms. The summed E-state index contributed by atoms with van der Waals surface area (Å²) in [6.07, 6.45) is 1.72. The Labute approximate surface area is 198 Å². The predicted octanol–water partition coefficient (Wildman–Crippen LogP) is 5.47. The van der Waals surface area contributed by atoms with E-state index in [0.717, 1.165) is 31.8 Å². The summed E-state index contributed by atoms with van der Waals surface area (Å²) in [7, 11) is 0. The van der Waals surface area contributed by atoms with E-state index in [1.54, 1.807) is 35.7 Å². The average Bonchev–Trinajstić information content (AvgIpc) is 3.31. The number of para-hydroxylation sites is 3. The van der Waals surface area contributed by atoms with Crippen molar-refractivity contribution in [1.82, 2.24) is 14.5 Å².